The largest absolute Gasteiger partial charge is 0.484 e. The average Bonchev–Trinajstić information content (AvgIpc) is 2.53. The van der Waals surface area contributed by atoms with Crippen molar-refractivity contribution in [2.24, 2.45) is 5.41 Å². The third-order valence-corrected chi connectivity index (χ3v) is 3.97. The van der Waals surface area contributed by atoms with Crippen molar-refractivity contribution in [3.8, 4) is 5.75 Å². The molecular weight excluding hydrogens is 308 g/mol. The summed E-state index contributed by atoms with van der Waals surface area (Å²) in [7, 11) is 0. The van der Waals surface area contributed by atoms with Gasteiger partial charge in [0.15, 0.2) is 0 Å². The Morgan fingerprint density at radius 3 is 2.48 bits per heavy atom. The summed E-state index contributed by atoms with van der Waals surface area (Å²) < 4.78 is 6.40. The molecule has 3 nitrogen and oxygen atoms in total. The van der Waals surface area contributed by atoms with E-state index in [1.807, 2.05) is 42.5 Å². The number of hydrogen-bond donors (Lipinski definition) is 0. The molecule has 3 aromatic rings. The van der Waals surface area contributed by atoms with Gasteiger partial charge in [0, 0.05) is 16.6 Å². The monoisotopic (exact) mass is 326 g/mol. The predicted octanol–water partition coefficient (Wildman–Crippen LogP) is 5.45. The molecule has 3 rings (SSSR count). The zero-order valence-corrected chi connectivity index (χ0v) is 14.2. The molecule has 0 amide bonds. The van der Waals surface area contributed by atoms with E-state index in [9.17, 15) is 0 Å². The maximum absolute atomic E-state index is 6.40. The van der Waals surface area contributed by atoms with Crippen LogP contribution in [-0.2, 0) is 0 Å². The number of ether oxygens (including phenoxy) is 1. The Kier molecular flexibility index (Phi) is 4.22. The third-order valence-electron chi connectivity index (χ3n) is 3.71. The molecule has 1 atom stereocenters. The van der Waals surface area contributed by atoms with E-state index in [1.54, 1.807) is 12.5 Å². The summed E-state index contributed by atoms with van der Waals surface area (Å²) >= 11 is 6.01. The van der Waals surface area contributed by atoms with E-state index in [1.165, 1.54) is 0 Å². The van der Waals surface area contributed by atoms with Gasteiger partial charge in [-0.2, -0.15) is 0 Å². The summed E-state index contributed by atoms with van der Waals surface area (Å²) in [5.41, 5.74) is 1.89. The van der Waals surface area contributed by atoms with E-state index in [2.05, 4.69) is 30.7 Å². The fraction of sp³-hybridized carbons (Fsp3) is 0.263. The van der Waals surface area contributed by atoms with Crippen LogP contribution >= 0.6 is 11.6 Å². The van der Waals surface area contributed by atoms with Gasteiger partial charge < -0.3 is 4.74 Å². The molecule has 0 aliphatic carbocycles. The third kappa shape index (κ3) is 3.45. The average molecular weight is 327 g/mol. The Bertz CT molecular complexity index is 804. The van der Waals surface area contributed by atoms with E-state index in [-0.39, 0.29) is 11.5 Å². The van der Waals surface area contributed by atoms with Gasteiger partial charge >= 0.3 is 0 Å². The highest BCUT2D eigenvalue weighted by molar-refractivity contribution is 6.30. The van der Waals surface area contributed by atoms with E-state index >= 15 is 0 Å². The maximum atomic E-state index is 6.40. The van der Waals surface area contributed by atoms with Gasteiger partial charge in [-0.05, 0) is 29.8 Å². The van der Waals surface area contributed by atoms with Gasteiger partial charge in [0.1, 0.15) is 18.2 Å². The first kappa shape index (κ1) is 15.8. The molecule has 0 saturated carbocycles. The van der Waals surface area contributed by atoms with Crippen LogP contribution in [0.25, 0.3) is 10.9 Å². The first-order valence-electron chi connectivity index (χ1n) is 7.56. The smallest absolute Gasteiger partial charge is 0.131 e. The number of rotatable bonds is 3. The van der Waals surface area contributed by atoms with Crippen molar-refractivity contribution in [3.05, 3.63) is 65.6 Å². The molecule has 118 valence electrons. The molecule has 1 aromatic heterocycles. The van der Waals surface area contributed by atoms with Crippen molar-refractivity contribution in [1.29, 1.82) is 0 Å². The van der Waals surface area contributed by atoms with Crippen LogP contribution in [0.1, 0.15) is 32.4 Å². The SMILES string of the molecule is CC(C)(C)C(Oc1cccc2ncncc12)c1ccc(Cl)cc1. The molecule has 0 aliphatic heterocycles. The lowest BCUT2D eigenvalue weighted by Crippen LogP contribution is -2.24. The number of benzene rings is 2. The molecule has 1 unspecified atom stereocenters. The van der Waals surface area contributed by atoms with Gasteiger partial charge in [0.05, 0.1) is 10.9 Å². The number of fused-ring (bicyclic) bond motifs is 1. The van der Waals surface area contributed by atoms with E-state index < -0.39 is 0 Å². The zero-order chi connectivity index (χ0) is 16.4. The summed E-state index contributed by atoms with van der Waals surface area (Å²) in [6, 6.07) is 13.7. The van der Waals surface area contributed by atoms with Gasteiger partial charge in [0.25, 0.3) is 0 Å². The number of halogens is 1. The van der Waals surface area contributed by atoms with Crippen molar-refractivity contribution in [2.75, 3.05) is 0 Å². The summed E-state index contributed by atoms with van der Waals surface area (Å²) in [6.07, 6.45) is 3.23. The molecule has 0 spiro atoms. The van der Waals surface area contributed by atoms with Crippen LogP contribution in [0.4, 0.5) is 0 Å². The second-order valence-electron chi connectivity index (χ2n) is 6.63. The fourth-order valence-electron chi connectivity index (χ4n) is 2.59. The van der Waals surface area contributed by atoms with Crippen LogP contribution < -0.4 is 4.74 Å². The Morgan fingerprint density at radius 1 is 1.04 bits per heavy atom. The lowest BCUT2D eigenvalue weighted by atomic mass is 9.84. The van der Waals surface area contributed by atoms with E-state index in [0.29, 0.717) is 0 Å². The normalized spacial score (nSPS) is 13.0. The molecule has 0 fully saturated rings. The number of aromatic nitrogens is 2. The standard InChI is InChI=1S/C19H19ClN2O/c1-19(2,3)18(13-7-9-14(20)10-8-13)23-17-6-4-5-16-15(17)11-21-12-22-16/h4-12,18H,1-3H3. The second kappa shape index (κ2) is 6.17. The summed E-state index contributed by atoms with van der Waals surface area (Å²) in [6.45, 7) is 6.48. The molecular formula is C19H19ClN2O. The lowest BCUT2D eigenvalue weighted by molar-refractivity contribution is 0.0884. The molecule has 23 heavy (non-hydrogen) atoms. The maximum Gasteiger partial charge on any atom is 0.131 e. The van der Waals surface area contributed by atoms with E-state index in [0.717, 1.165) is 27.2 Å². The Labute approximate surface area is 141 Å². The minimum atomic E-state index is -0.106. The molecule has 4 heteroatoms. The minimum absolute atomic E-state index is 0.0777. The first-order valence-corrected chi connectivity index (χ1v) is 7.94. The Hall–Kier alpha value is -2.13. The summed E-state index contributed by atoms with van der Waals surface area (Å²) in [4.78, 5) is 8.41. The Morgan fingerprint density at radius 2 is 1.78 bits per heavy atom. The highest BCUT2D eigenvalue weighted by atomic mass is 35.5. The zero-order valence-electron chi connectivity index (χ0n) is 13.5. The molecule has 2 aromatic carbocycles. The topological polar surface area (TPSA) is 35.0 Å². The van der Waals surface area contributed by atoms with Gasteiger partial charge in [-0.1, -0.05) is 50.6 Å². The number of hydrogen-bond acceptors (Lipinski definition) is 3. The van der Waals surface area contributed by atoms with Crippen molar-refractivity contribution in [3.63, 3.8) is 0 Å². The van der Waals surface area contributed by atoms with Gasteiger partial charge in [0.2, 0.25) is 0 Å². The highest BCUT2D eigenvalue weighted by Crippen LogP contribution is 2.39. The quantitative estimate of drug-likeness (QED) is 0.642. The van der Waals surface area contributed by atoms with Crippen molar-refractivity contribution >= 4 is 22.5 Å². The van der Waals surface area contributed by atoms with Crippen LogP contribution in [0.3, 0.4) is 0 Å². The lowest BCUT2D eigenvalue weighted by Gasteiger charge is -2.32. The molecule has 0 bridgehead atoms. The number of nitrogens with zero attached hydrogens (tertiary/aromatic N) is 2. The van der Waals surface area contributed by atoms with Gasteiger partial charge in [-0.25, -0.2) is 9.97 Å². The fourth-order valence-corrected chi connectivity index (χ4v) is 2.72. The molecule has 1 heterocycles. The Balaban J connectivity index is 2.03. The van der Waals surface area contributed by atoms with Crippen LogP contribution in [0.5, 0.6) is 5.75 Å². The minimum Gasteiger partial charge on any atom is -0.484 e. The van der Waals surface area contributed by atoms with Crippen LogP contribution in [0.15, 0.2) is 55.0 Å². The molecule has 0 aliphatic rings. The van der Waals surface area contributed by atoms with Gasteiger partial charge in [-0.3, -0.25) is 0 Å². The summed E-state index contributed by atoms with van der Waals surface area (Å²) in [5, 5.41) is 1.64. The predicted molar refractivity (Wildman–Crippen MR) is 93.8 cm³/mol. The van der Waals surface area contributed by atoms with E-state index in [4.69, 9.17) is 16.3 Å². The van der Waals surface area contributed by atoms with Crippen LogP contribution in [-0.4, -0.2) is 9.97 Å². The van der Waals surface area contributed by atoms with Crippen molar-refractivity contribution < 1.29 is 4.74 Å². The summed E-state index contributed by atoms with van der Waals surface area (Å²) in [5.74, 6) is 0.790. The second-order valence-corrected chi connectivity index (χ2v) is 7.06. The van der Waals surface area contributed by atoms with Crippen molar-refractivity contribution in [1.82, 2.24) is 9.97 Å². The molecule has 0 radical (unpaired) electrons. The van der Waals surface area contributed by atoms with Crippen molar-refractivity contribution in [2.45, 2.75) is 26.9 Å². The van der Waals surface area contributed by atoms with Crippen LogP contribution in [0.2, 0.25) is 5.02 Å². The highest BCUT2D eigenvalue weighted by Gasteiger charge is 2.28. The molecule has 0 N–H and O–H groups in total. The van der Waals surface area contributed by atoms with Crippen LogP contribution in [0, 0.1) is 5.41 Å². The first-order chi connectivity index (χ1) is 10.9. The molecule has 0 saturated heterocycles. The van der Waals surface area contributed by atoms with Gasteiger partial charge in [-0.15, -0.1) is 0 Å².